The predicted octanol–water partition coefficient (Wildman–Crippen LogP) is 2.76. The van der Waals surface area contributed by atoms with Gasteiger partial charge in [0.25, 0.3) is 0 Å². The van der Waals surface area contributed by atoms with Crippen molar-refractivity contribution in [3.63, 3.8) is 0 Å². The van der Waals surface area contributed by atoms with E-state index in [-0.39, 0.29) is 15.7 Å². The lowest BCUT2D eigenvalue weighted by Crippen LogP contribution is -2.45. The van der Waals surface area contributed by atoms with E-state index < -0.39 is 22.0 Å². The van der Waals surface area contributed by atoms with Crippen LogP contribution in [0.15, 0.2) is 53.4 Å². The van der Waals surface area contributed by atoms with Gasteiger partial charge in [-0.3, -0.25) is 4.79 Å². The number of halogens is 1. The number of hydrogen-bond donors (Lipinski definition) is 2. The topological polar surface area (TPSA) is 84.5 Å². The Morgan fingerprint density at radius 2 is 1.89 bits per heavy atom. The fourth-order valence-corrected chi connectivity index (χ4v) is 4.05. The van der Waals surface area contributed by atoms with Crippen LogP contribution in [-0.2, 0) is 21.2 Å². The summed E-state index contributed by atoms with van der Waals surface area (Å²) in [5.74, 6) is -0.222. The average Bonchev–Trinajstić information content (AvgIpc) is 2.63. The summed E-state index contributed by atoms with van der Waals surface area (Å²) in [5, 5.41) is 3.00. The van der Waals surface area contributed by atoms with Gasteiger partial charge in [-0.2, -0.15) is 4.72 Å². The summed E-state index contributed by atoms with van der Waals surface area (Å²) in [4.78, 5) is 12.1. The standard InChI is InChI=1S/C19H23ClN2O4S/c1-3-26-17-10-9-16(20)13-18(17)27(24,25)22-14(2)19(23)21-12-11-15-7-5-4-6-8-15/h4-10,13-14,22H,3,11-12H2,1-2H3,(H,21,23). The summed E-state index contributed by atoms with van der Waals surface area (Å²) in [6.45, 7) is 3.96. The third-order valence-corrected chi connectivity index (χ3v) is 5.57. The second kappa shape index (κ2) is 9.73. The monoisotopic (exact) mass is 410 g/mol. The van der Waals surface area contributed by atoms with E-state index in [2.05, 4.69) is 10.0 Å². The third-order valence-electron chi connectivity index (χ3n) is 3.78. The molecule has 0 spiro atoms. The Morgan fingerprint density at radius 1 is 1.19 bits per heavy atom. The number of rotatable bonds is 9. The van der Waals surface area contributed by atoms with Gasteiger partial charge in [-0.25, -0.2) is 8.42 Å². The molecule has 0 fully saturated rings. The Morgan fingerprint density at radius 3 is 2.56 bits per heavy atom. The molecular weight excluding hydrogens is 388 g/mol. The molecule has 0 radical (unpaired) electrons. The Balaban J connectivity index is 2.00. The molecule has 0 aliphatic rings. The van der Waals surface area contributed by atoms with Crippen LogP contribution in [0.1, 0.15) is 19.4 Å². The third kappa shape index (κ3) is 6.23. The molecule has 0 saturated carbocycles. The highest BCUT2D eigenvalue weighted by Gasteiger charge is 2.25. The van der Waals surface area contributed by atoms with E-state index in [0.717, 1.165) is 5.56 Å². The van der Waals surface area contributed by atoms with Crippen LogP contribution in [0.5, 0.6) is 5.75 Å². The second-order valence-electron chi connectivity index (χ2n) is 5.89. The highest BCUT2D eigenvalue weighted by molar-refractivity contribution is 7.89. The first-order valence-electron chi connectivity index (χ1n) is 8.60. The molecule has 1 atom stereocenters. The Labute approximate surface area is 164 Å². The van der Waals surface area contributed by atoms with Gasteiger partial charge in [0.2, 0.25) is 15.9 Å². The van der Waals surface area contributed by atoms with E-state index in [1.807, 2.05) is 30.3 Å². The molecule has 2 N–H and O–H groups in total. The number of benzene rings is 2. The minimum Gasteiger partial charge on any atom is -0.492 e. The van der Waals surface area contributed by atoms with E-state index in [1.54, 1.807) is 13.0 Å². The van der Waals surface area contributed by atoms with Crippen molar-refractivity contribution in [1.29, 1.82) is 0 Å². The highest BCUT2D eigenvalue weighted by Crippen LogP contribution is 2.27. The predicted molar refractivity (Wildman–Crippen MR) is 106 cm³/mol. The maximum Gasteiger partial charge on any atom is 0.245 e. The average molecular weight is 411 g/mol. The van der Waals surface area contributed by atoms with Crippen LogP contribution in [0.25, 0.3) is 0 Å². The quantitative estimate of drug-likeness (QED) is 0.665. The molecule has 0 aliphatic heterocycles. The molecule has 0 bridgehead atoms. The van der Waals surface area contributed by atoms with Gasteiger partial charge in [-0.15, -0.1) is 0 Å². The van der Waals surface area contributed by atoms with Gasteiger partial charge in [-0.05, 0) is 44.0 Å². The van der Waals surface area contributed by atoms with Crippen molar-refractivity contribution in [3.8, 4) is 5.75 Å². The lowest BCUT2D eigenvalue weighted by atomic mass is 10.1. The lowest BCUT2D eigenvalue weighted by Gasteiger charge is -2.16. The number of amides is 1. The van der Waals surface area contributed by atoms with Crippen LogP contribution in [0, 0.1) is 0 Å². The summed E-state index contributed by atoms with van der Waals surface area (Å²) in [7, 11) is -3.98. The molecule has 1 amide bonds. The first-order valence-corrected chi connectivity index (χ1v) is 10.5. The normalized spacial score (nSPS) is 12.4. The molecule has 27 heavy (non-hydrogen) atoms. The van der Waals surface area contributed by atoms with Crippen LogP contribution in [0.4, 0.5) is 0 Å². The summed E-state index contributed by atoms with van der Waals surface area (Å²) in [6, 6.07) is 13.1. The lowest BCUT2D eigenvalue weighted by molar-refractivity contribution is -0.122. The van der Waals surface area contributed by atoms with Crippen molar-refractivity contribution in [1.82, 2.24) is 10.0 Å². The van der Waals surface area contributed by atoms with E-state index in [9.17, 15) is 13.2 Å². The molecule has 8 heteroatoms. The molecular formula is C19H23ClN2O4S. The minimum absolute atomic E-state index is 0.0965. The molecule has 2 rings (SSSR count). The first kappa shape index (κ1) is 21.2. The van der Waals surface area contributed by atoms with Gasteiger partial charge in [-0.1, -0.05) is 41.9 Å². The number of sulfonamides is 1. The highest BCUT2D eigenvalue weighted by atomic mass is 35.5. The maximum atomic E-state index is 12.7. The van der Waals surface area contributed by atoms with Crippen LogP contribution >= 0.6 is 11.6 Å². The van der Waals surface area contributed by atoms with Crippen LogP contribution in [0.2, 0.25) is 5.02 Å². The molecule has 0 heterocycles. The van der Waals surface area contributed by atoms with Crippen molar-refractivity contribution < 1.29 is 17.9 Å². The number of carbonyl (C=O) groups excluding carboxylic acids is 1. The molecule has 0 aliphatic carbocycles. The van der Waals surface area contributed by atoms with Gasteiger partial charge in [0.1, 0.15) is 10.6 Å². The summed E-state index contributed by atoms with van der Waals surface area (Å²) >= 11 is 5.92. The van der Waals surface area contributed by atoms with Crippen molar-refractivity contribution in [2.45, 2.75) is 31.2 Å². The zero-order valence-electron chi connectivity index (χ0n) is 15.2. The first-order chi connectivity index (χ1) is 12.8. The Hall–Kier alpha value is -2.09. The van der Waals surface area contributed by atoms with Crippen LogP contribution < -0.4 is 14.8 Å². The molecule has 6 nitrogen and oxygen atoms in total. The van der Waals surface area contributed by atoms with E-state index >= 15 is 0 Å². The maximum absolute atomic E-state index is 12.7. The van der Waals surface area contributed by atoms with Gasteiger partial charge in [0, 0.05) is 11.6 Å². The second-order valence-corrected chi connectivity index (χ2v) is 8.01. The minimum atomic E-state index is -3.98. The van der Waals surface area contributed by atoms with E-state index in [4.69, 9.17) is 16.3 Å². The number of carbonyl (C=O) groups is 1. The molecule has 1 unspecified atom stereocenters. The van der Waals surface area contributed by atoms with Gasteiger partial charge in [0.15, 0.2) is 0 Å². The van der Waals surface area contributed by atoms with Gasteiger partial charge in [0.05, 0.1) is 12.6 Å². The molecule has 0 aromatic heterocycles. The van der Waals surface area contributed by atoms with Crippen molar-refractivity contribution >= 4 is 27.5 Å². The molecule has 2 aromatic carbocycles. The van der Waals surface area contributed by atoms with Gasteiger partial charge < -0.3 is 10.1 Å². The largest absolute Gasteiger partial charge is 0.492 e. The Kier molecular flexibility index (Phi) is 7.65. The van der Waals surface area contributed by atoms with E-state index in [1.165, 1.54) is 19.1 Å². The van der Waals surface area contributed by atoms with Crippen LogP contribution in [-0.4, -0.2) is 33.5 Å². The van der Waals surface area contributed by atoms with Crippen molar-refractivity contribution in [2.75, 3.05) is 13.2 Å². The zero-order valence-corrected chi connectivity index (χ0v) is 16.8. The molecule has 2 aromatic rings. The Bertz CT molecular complexity index is 873. The summed E-state index contributed by atoms with van der Waals surface area (Å²) in [6.07, 6.45) is 0.662. The van der Waals surface area contributed by atoms with Crippen molar-refractivity contribution in [3.05, 3.63) is 59.1 Å². The number of ether oxygens (including phenoxy) is 1. The van der Waals surface area contributed by atoms with Gasteiger partial charge >= 0.3 is 0 Å². The zero-order chi connectivity index (χ0) is 19.9. The SMILES string of the molecule is CCOc1ccc(Cl)cc1S(=O)(=O)NC(C)C(=O)NCCc1ccccc1. The molecule has 146 valence electrons. The van der Waals surface area contributed by atoms with Crippen LogP contribution in [0.3, 0.4) is 0 Å². The van der Waals surface area contributed by atoms with Crippen molar-refractivity contribution in [2.24, 2.45) is 0 Å². The molecule has 0 saturated heterocycles. The fourth-order valence-electron chi connectivity index (χ4n) is 2.44. The fraction of sp³-hybridized carbons (Fsp3) is 0.316. The van der Waals surface area contributed by atoms with E-state index in [0.29, 0.717) is 19.6 Å². The number of hydrogen-bond acceptors (Lipinski definition) is 4. The number of nitrogens with one attached hydrogen (secondary N) is 2. The smallest absolute Gasteiger partial charge is 0.245 e. The summed E-state index contributed by atoms with van der Waals surface area (Å²) in [5.41, 5.74) is 1.09. The summed E-state index contributed by atoms with van der Waals surface area (Å²) < 4.78 is 33.0.